The lowest BCUT2D eigenvalue weighted by atomic mass is 9.93. The summed E-state index contributed by atoms with van der Waals surface area (Å²) in [4.78, 5) is 11.5. The van der Waals surface area contributed by atoms with Crippen LogP contribution in [-0.4, -0.2) is 7.11 Å². The first-order chi connectivity index (χ1) is 8.96. The number of methoxy groups -OCH3 is 1. The number of hydrogen-bond donors (Lipinski definition) is 0. The van der Waals surface area contributed by atoms with Crippen LogP contribution in [0.15, 0.2) is 27.4 Å². The minimum atomic E-state index is -0.0968. The Bertz CT molecular complexity index is 485. The molecule has 0 radical (unpaired) electrons. The summed E-state index contributed by atoms with van der Waals surface area (Å²) in [6.07, 6.45) is 4.48. The van der Waals surface area contributed by atoms with Gasteiger partial charge in [0.1, 0.15) is 5.76 Å². The Kier molecular flexibility index (Phi) is 5.87. The standard InChI is InChI=1S/C16H24O3/c1-6-11(2)7-12(3)8-13(4)15-9-14(17)10-16(18-5)19-15/h8-12H,6-7H2,1-5H3/t11-,12-/m0/s1. The molecule has 3 heteroatoms. The van der Waals surface area contributed by atoms with Crippen molar-refractivity contribution in [3.8, 4) is 5.95 Å². The average Bonchev–Trinajstić information content (AvgIpc) is 2.37. The van der Waals surface area contributed by atoms with Crippen LogP contribution < -0.4 is 10.2 Å². The normalized spacial score (nSPS) is 15.1. The molecule has 0 aliphatic carbocycles. The lowest BCUT2D eigenvalue weighted by molar-refractivity contribution is 0.293. The summed E-state index contributed by atoms with van der Waals surface area (Å²) in [6.45, 7) is 8.61. The molecule has 0 unspecified atom stereocenters. The molecule has 0 aliphatic rings. The fraction of sp³-hybridized carbons (Fsp3) is 0.562. The fourth-order valence-corrected chi connectivity index (χ4v) is 2.13. The zero-order valence-electron chi connectivity index (χ0n) is 12.5. The van der Waals surface area contributed by atoms with Gasteiger partial charge in [0.05, 0.1) is 13.2 Å². The summed E-state index contributed by atoms with van der Waals surface area (Å²) < 4.78 is 10.5. The molecule has 0 amide bonds. The molecule has 0 saturated heterocycles. The second-order valence-electron chi connectivity index (χ2n) is 5.26. The van der Waals surface area contributed by atoms with E-state index in [4.69, 9.17) is 9.15 Å². The number of rotatable bonds is 6. The molecule has 3 nitrogen and oxygen atoms in total. The van der Waals surface area contributed by atoms with Crippen molar-refractivity contribution >= 4 is 5.57 Å². The van der Waals surface area contributed by atoms with Gasteiger partial charge in [-0.1, -0.05) is 33.3 Å². The third-order valence-electron chi connectivity index (χ3n) is 3.34. The van der Waals surface area contributed by atoms with Gasteiger partial charge >= 0.3 is 0 Å². The molecule has 19 heavy (non-hydrogen) atoms. The Balaban J connectivity index is 2.89. The van der Waals surface area contributed by atoms with Gasteiger partial charge in [-0.05, 0) is 30.8 Å². The first-order valence-corrected chi connectivity index (χ1v) is 6.84. The average molecular weight is 264 g/mol. The number of ether oxygens (including phenoxy) is 1. The van der Waals surface area contributed by atoms with Crippen molar-refractivity contribution in [1.82, 2.24) is 0 Å². The summed E-state index contributed by atoms with van der Waals surface area (Å²) in [5.41, 5.74) is 0.882. The smallest absolute Gasteiger partial charge is 0.288 e. The zero-order chi connectivity index (χ0) is 14.4. The first-order valence-electron chi connectivity index (χ1n) is 6.84. The lowest BCUT2D eigenvalue weighted by Gasteiger charge is -2.13. The van der Waals surface area contributed by atoms with Crippen LogP contribution in [0.4, 0.5) is 0 Å². The highest BCUT2D eigenvalue weighted by Gasteiger charge is 2.08. The van der Waals surface area contributed by atoms with Crippen molar-refractivity contribution < 1.29 is 9.15 Å². The van der Waals surface area contributed by atoms with Gasteiger partial charge in [-0.15, -0.1) is 0 Å². The van der Waals surface area contributed by atoms with Crippen LogP contribution in [0.25, 0.3) is 5.57 Å². The van der Waals surface area contributed by atoms with Crippen molar-refractivity contribution in [3.05, 3.63) is 34.2 Å². The van der Waals surface area contributed by atoms with Gasteiger partial charge in [-0.2, -0.15) is 0 Å². The molecule has 0 spiro atoms. The van der Waals surface area contributed by atoms with E-state index in [0.29, 0.717) is 17.6 Å². The molecule has 1 aromatic rings. The molecular weight excluding hydrogens is 240 g/mol. The molecule has 0 N–H and O–H groups in total. The van der Waals surface area contributed by atoms with Crippen LogP contribution in [0.5, 0.6) is 5.95 Å². The predicted octanol–water partition coefficient (Wildman–Crippen LogP) is 4.12. The lowest BCUT2D eigenvalue weighted by Crippen LogP contribution is -2.02. The van der Waals surface area contributed by atoms with E-state index in [2.05, 4.69) is 26.8 Å². The SMILES string of the molecule is CC[C@H](C)C[C@H](C)C=C(C)c1cc(=O)cc(OC)o1. The zero-order valence-corrected chi connectivity index (χ0v) is 12.5. The summed E-state index contributed by atoms with van der Waals surface area (Å²) in [5, 5.41) is 0. The van der Waals surface area contributed by atoms with Crippen molar-refractivity contribution in [2.24, 2.45) is 11.8 Å². The third-order valence-corrected chi connectivity index (χ3v) is 3.34. The van der Waals surface area contributed by atoms with E-state index < -0.39 is 0 Å². The van der Waals surface area contributed by atoms with Gasteiger partial charge in [0.2, 0.25) is 0 Å². The maximum absolute atomic E-state index is 11.5. The highest BCUT2D eigenvalue weighted by atomic mass is 16.6. The molecule has 0 bridgehead atoms. The van der Waals surface area contributed by atoms with Gasteiger partial charge in [0.15, 0.2) is 5.43 Å². The Morgan fingerprint density at radius 3 is 2.68 bits per heavy atom. The van der Waals surface area contributed by atoms with E-state index in [0.717, 1.165) is 12.0 Å². The van der Waals surface area contributed by atoms with Crippen LogP contribution in [-0.2, 0) is 0 Å². The van der Waals surface area contributed by atoms with Gasteiger partial charge in [0.25, 0.3) is 5.95 Å². The molecule has 1 aromatic heterocycles. The van der Waals surface area contributed by atoms with E-state index >= 15 is 0 Å². The Morgan fingerprint density at radius 1 is 1.42 bits per heavy atom. The maximum atomic E-state index is 11.5. The second-order valence-corrected chi connectivity index (χ2v) is 5.26. The molecule has 2 atom stereocenters. The van der Waals surface area contributed by atoms with Gasteiger partial charge in [-0.25, -0.2) is 0 Å². The molecule has 0 fully saturated rings. The van der Waals surface area contributed by atoms with Gasteiger partial charge < -0.3 is 9.15 Å². The maximum Gasteiger partial charge on any atom is 0.288 e. The van der Waals surface area contributed by atoms with Crippen molar-refractivity contribution in [3.63, 3.8) is 0 Å². The largest absolute Gasteiger partial charge is 0.468 e. The minimum absolute atomic E-state index is 0.0968. The Morgan fingerprint density at radius 2 is 2.11 bits per heavy atom. The second kappa shape index (κ2) is 7.17. The topological polar surface area (TPSA) is 39.4 Å². The van der Waals surface area contributed by atoms with E-state index in [9.17, 15) is 4.79 Å². The summed E-state index contributed by atoms with van der Waals surface area (Å²) in [6, 6.07) is 2.85. The van der Waals surface area contributed by atoms with E-state index in [1.165, 1.54) is 25.7 Å². The molecule has 1 rings (SSSR count). The first kappa shape index (κ1) is 15.5. The van der Waals surface area contributed by atoms with E-state index in [-0.39, 0.29) is 11.4 Å². The summed E-state index contributed by atoms with van der Waals surface area (Å²) in [7, 11) is 1.49. The number of hydrogen-bond acceptors (Lipinski definition) is 3. The van der Waals surface area contributed by atoms with Crippen LogP contribution >= 0.6 is 0 Å². The van der Waals surface area contributed by atoms with Crippen molar-refractivity contribution in [1.29, 1.82) is 0 Å². The fourth-order valence-electron chi connectivity index (χ4n) is 2.13. The van der Waals surface area contributed by atoms with Gasteiger partial charge in [-0.3, -0.25) is 4.79 Å². The van der Waals surface area contributed by atoms with Crippen LogP contribution in [0.1, 0.15) is 46.3 Å². The summed E-state index contributed by atoms with van der Waals surface area (Å²) >= 11 is 0. The molecule has 0 aromatic carbocycles. The molecule has 106 valence electrons. The van der Waals surface area contributed by atoms with E-state index in [1.54, 1.807) is 0 Å². The highest BCUT2D eigenvalue weighted by Crippen LogP contribution is 2.22. The predicted molar refractivity (Wildman–Crippen MR) is 78.4 cm³/mol. The third kappa shape index (κ3) is 4.93. The molecule has 0 aliphatic heterocycles. The van der Waals surface area contributed by atoms with Crippen LogP contribution in [0.2, 0.25) is 0 Å². The molecule has 1 heterocycles. The Labute approximate surface area is 115 Å². The quantitative estimate of drug-likeness (QED) is 0.775. The highest BCUT2D eigenvalue weighted by molar-refractivity contribution is 5.59. The van der Waals surface area contributed by atoms with Crippen molar-refractivity contribution in [2.75, 3.05) is 7.11 Å². The summed E-state index contributed by atoms with van der Waals surface area (Å²) in [5.74, 6) is 2.01. The number of allylic oxidation sites excluding steroid dienone is 2. The van der Waals surface area contributed by atoms with Crippen LogP contribution in [0.3, 0.4) is 0 Å². The minimum Gasteiger partial charge on any atom is -0.468 e. The molecule has 0 saturated carbocycles. The Hall–Kier alpha value is -1.51. The van der Waals surface area contributed by atoms with E-state index in [1.807, 2.05) is 6.92 Å². The van der Waals surface area contributed by atoms with Crippen LogP contribution in [0, 0.1) is 11.8 Å². The van der Waals surface area contributed by atoms with Gasteiger partial charge in [0, 0.05) is 6.07 Å². The monoisotopic (exact) mass is 264 g/mol. The van der Waals surface area contributed by atoms with Crippen molar-refractivity contribution in [2.45, 2.75) is 40.5 Å². The molecular formula is C16H24O3.